The fourth-order valence-corrected chi connectivity index (χ4v) is 4.96. The van der Waals surface area contributed by atoms with E-state index in [1.54, 1.807) is 19.9 Å². The minimum atomic E-state index is -1.76. The molecule has 3 heterocycles. The lowest BCUT2D eigenvalue weighted by molar-refractivity contribution is -0.0842. The number of nitrogens with one attached hydrogen (secondary N) is 1. The Bertz CT molecular complexity index is 916. The van der Waals surface area contributed by atoms with Crippen molar-refractivity contribution in [2.45, 2.75) is 71.8 Å². The smallest absolute Gasteiger partial charge is 0.409 e. The summed E-state index contributed by atoms with van der Waals surface area (Å²) in [6, 6.07) is 7.05. The number of carbonyl (C=O) groups is 1. The van der Waals surface area contributed by atoms with E-state index in [0.29, 0.717) is 32.4 Å². The van der Waals surface area contributed by atoms with Gasteiger partial charge in [0.15, 0.2) is 5.13 Å². The number of amides is 1. The van der Waals surface area contributed by atoms with Crippen molar-refractivity contribution in [2.24, 2.45) is 5.41 Å². The largest absolute Gasteiger partial charge is 0.414 e. The zero-order valence-corrected chi connectivity index (χ0v) is 20.3. The number of nitrogens with zero attached hydrogens (tertiary/aromatic N) is 2. The normalized spacial score (nSPS) is 20.5. The molecule has 0 radical (unpaired) electrons. The molecule has 0 unspecified atom stereocenters. The van der Waals surface area contributed by atoms with Gasteiger partial charge in [-0.3, -0.25) is 9.88 Å². The summed E-state index contributed by atoms with van der Waals surface area (Å²) in [7, 11) is 0. The SMILES string of the molecule is Cc1ccc(C(C)(C)N2CC[C@@](CCc3ccc(F)s3)([C@@H](F)OC(=O)NC(C)C)C2)cn1. The van der Waals surface area contributed by atoms with Crippen LogP contribution in [-0.2, 0) is 16.7 Å². The molecule has 1 aliphatic rings. The molecule has 0 aliphatic carbocycles. The summed E-state index contributed by atoms with van der Waals surface area (Å²) in [6.45, 7) is 10.8. The van der Waals surface area contributed by atoms with Gasteiger partial charge in [0.1, 0.15) is 0 Å². The maximum absolute atomic E-state index is 15.6. The van der Waals surface area contributed by atoms with Crippen molar-refractivity contribution in [2.75, 3.05) is 13.1 Å². The molecule has 2 aromatic heterocycles. The van der Waals surface area contributed by atoms with Gasteiger partial charge in [-0.15, -0.1) is 11.3 Å². The van der Waals surface area contributed by atoms with Crippen molar-refractivity contribution in [3.63, 3.8) is 0 Å². The molecular formula is C24H33F2N3O2S. The monoisotopic (exact) mass is 465 g/mol. The van der Waals surface area contributed by atoms with Gasteiger partial charge in [0.05, 0.1) is 5.41 Å². The number of halogens is 2. The minimum Gasteiger partial charge on any atom is -0.414 e. The van der Waals surface area contributed by atoms with Crippen LogP contribution in [0.25, 0.3) is 0 Å². The van der Waals surface area contributed by atoms with Gasteiger partial charge in [-0.05, 0) is 84.2 Å². The van der Waals surface area contributed by atoms with Crippen LogP contribution in [0.4, 0.5) is 13.6 Å². The molecule has 1 N–H and O–H groups in total. The van der Waals surface area contributed by atoms with Gasteiger partial charge >= 0.3 is 6.09 Å². The van der Waals surface area contributed by atoms with E-state index in [9.17, 15) is 9.18 Å². The number of alkyl halides is 1. The molecule has 5 nitrogen and oxygen atoms in total. The van der Waals surface area contributed by atoms with E-state index in [4.69, 9.17) is 4.74 Å². The second-order valence-corrected chi connectivity index (χ2v) is 10.6. The molecule has 1 saturated heterocycles. The van der Waals surface area contributed by atoms with E-state index in [0.717, 1.165) is 27.5 Å². The number of aromatic nitrogens is 1. The highest BCUT2D eigenvalue weighted by atomic mass is 32.1. The number of ether oxygens (including phenoxy) is 1. The Morgan fingerprint density at radius 1 is 1.34 bits per heavy atom. The van der Waals surface area contributed by atoms with Crippen LogP contribution < -0.4 is 5.32 Å². The Hall–Kier alpha value is -2.06. The van der Waals surface area contributed by atoms with Crippen molar-refractivity contribution in [1.29, 1.82) is 0 Å². The van der Waals surface area contributed by atoms with Gasteiger partial charge in [-0.1, -0.05) is 6.07 Å². The van der Waals surface area contributed by atoms with E-state index in [1.807, 2.05) is 19.2 Å². The first-order chi connectivity index (χ1) is 15.0. The average molecular weight is 466 g/mol. The van der Waals surface area contributed by atoms with E-state index in [-0.39, 0.29) is 16.7 Å². The number of likely N-dealkylation sites (tertiary alicyclic amines) is 1. The second kappa shape index (κ2) is 9.83. The molecule has 32 heavy (non-hydrogen) atoms. The summed E-state index contributed by atoms with van der Waals surface area (Å²) in [4.78, 5) is 19.6. The molecule has 1 fully saturated rings. The topological polar surface area (TPSA) is 54.5 Å². The van der Waals surface area contributed by atoms with Crippen LogP contribution in [-0.4, -0.2) is 41.5 Å². The van der Waals surface area contributed by atoms with Gasteiger partial charge in [0.2, 0.25) is 6.36 Å². The van der Waals surface area contributed by atoms with Crippen LogP contribution in [0, 0.1) is 17.5 Å². The molecule has 1 amide bonds. The first-order valence-corrected chi connectivity index (χ1v) is 11.9. The van der Waals surface area contributed by atoms with E-state index < -0.39 is 17.9 Å². The predicted octanol–water partition coefficient (Wildman–Crippen LogP) is 5.58. The lowest BCUT2D eigenvalue weighted by Gasteiger charge is -2.38. The number of carbonyl (C=O) groups excluding carboxylic acids is 1. The first-order valence-electron chi connectivity index (χ1n) is 11.1. The molecular weight excluding hydrogens is 432 g/mol. The molecule has 2 aromatic rings. The highest BCUT2D eigenvalue weighted by Crippen LogP contribution is 2.45. The van der Waals surface area contributed by atoms with Crippen LogP contribution in [0.1, 0.15) is 56.7 Å². The summed E-state index contributed by atoms with van der Waals surface area (Å²) >= 11 is 1.08. The number of aryl methyl sites for hydroxylation is 2. The van der Waals surface area contributed by atoms with Crippen LogP contribution in [0.15, 0.2) is 30.5 Å². The summed E-state index contributed by atoms with van der Waals surface area (Å²) in [5, 5.41) is 2.34. The predicted molar refractivity (Wildman–Crippen MR) is 123 cm³/mol. The Morgan fingerprint density at radius 3 is 2.69 bits per heavy atom. The Labute approximate surface area is 193 Å². The van der Waals surface area contributed by atoms with E-state index in [1.165, 1.54) is 6.07 Å². The number of alkyl carbamates (subject to hydrolysis) is 1. The minimum absolute atomic E-state index is 0.146. The molecule has 0 bridgehead atoms. The third-order valence-corrected chi connectivity index (χ3v) is 7.32. The molecule has 0 aromatic carbocycles. The quantitative estimate of drug-likeness (QED) is 0.553. The fourth-order valence-electron chi connectivity index (χ4n) is 4.24. The number of hydrogen-bond donors (Lipinski definition) is 1. The van der Waals surface area contributed by atoms with Crippen LogP contribution in [0.5, 0.6) is 0 Å². The number of thiophene rings is 1. The summed E-state index contributed by atoms with van der Waals surface area (Å²) < 4.78 is 34.3. The van der Waals surface area contributed by atoms with Crippen molar-refractivity contribution in [3.05, 3.63) is 51.7 Å². The molecule has 2 atom stereocenters. The average Bonchev–Trinajstić information content (AvgIpc) is 3.33. The standard InChI is InChI=1S/C24H33F2N3O2S/c1-16(2)28-22(30)31-21(26)24(11-10-19-8-9-20(25)32-19)12-13-29(15-24)23(4,5)18-7-6-17(3)27-14-18/h6-9,14,16,21H,10-13,15H2,1-5H3,(H,28,30)/t21-,24+/m0/s1. The maximum atomic E-state index is 15.6. The third-order valence-electron chi connectivity index (χ3n) is 6.39. The van der Waals surface area contributed by atoms with Crippen molar-refractivity contribution >= 4 is 17.4 Å². The third kappa shape index (κ3) is 5.64. The second-order valence-electron chi connectivity index (χ2n) is 9.51. The molecule has 8 heteroatoms. The maximum Gasteiger partial charge on any atom is 0.409 e. The first kappa shape index (κ1) is 24.6. The van der Waals surface area contributed by atoms with Gasteiger partial charge in [0, 0.05) is 34.9 Å². The van der Waals surface area contributed by atoms with Gasteiger partial charge in [0.25, 0.3) is 0 Å². The molecule has 3 rings (SSSR count). The highest BCUT2D eigenvalue weighted by molar-refractivity contribution is 7.10. The summed E-state index contributed by atoms with van der Waals surface area (Å²) in [5.41, 5.74) is 0.756. The summed E-state index contributed by atoms with van der Waals surface area (Å²) in [6.07, 6.45) is 0.882. The van der Waals surface area contributed by atoms with Gasteiger partial charge in [-0.2, -0.15) is 4.39 Å². The molecule has 0 spiro atoms. The molecule has 0 saturated carbocycles. The number of pyridine rings is 1. The van der Waals surface area contributed by atoms with E-state index >= 15 is 4.39 Å². The van der Waals surface area contributed by atoms with E-state index in [2.05, 4.69) is 35.1 Å². The number of hydrogen-bond acceptors (Lipinski definition) is 5. The van der Waals surface area contributed by atoms with Gasteiger partial charge < -0.3 is 10.1 Å². The van der Waals surface area contributed by atoms with Gasteiger partial charge in [-0.25, -0.2) is 9.18 Å². The van der Waals surface area contributed by atoms with Crippen molar-refractivity contribution in [3.8, 4) is 0 Å². The zero-order valence-electron chi connectivity index (χ0n) is 19.5. The van der Waals surface area contributed by atoms with Crippen molar-refractivity contribution < 1.29 is 18.3 Å². The number of rotatable bonds is 8. The van der Waals surface area contributed by atoms with Crippen LogP contribution in [0.3, 0.4) is 0 Å². The van der Waals surface area contributed by atoms with Crippen LogP contribution in [0.2, 0.25) is 0 Å². The fraction of sp³-hybridized carbons (Fsp3) is 0.583. The summed E-state index contributed by atoms with van der Waals surface area (Å²) in [5.74, 6) is 0. The van der Waals surface area contributed by atoms with Crippen LogP contribution >= 0.6 is 11.3 Å². The molecule has 176 valence electrons. The Kier molecular flexibility index (Phi) is 7.55. The Balaban J connectivity index is 1.80. The lowest BCUT2D eigenvalue weighted by atomic mass is 9.81. The Morgan fingerprint density at radius 2 is 2.09 bits per heavy atom. The zero-order chi connectivity index (χ0) is 23.5. The lowest BCUT2D eigenvalue weighted by Crippen LogP contribution is -2.45. The highest BCUT2D eigenvalue weighted by Gasteiger charge is 2.50. The van der Waals surface area contributed by atoms with Crippen molar-refractivity contribution in [1.82, 2.24) is 15.2 Å². The molecule has 1 aliphatic heterocycles.